The molecule has 1 atom stereocenters. The van der Waals surface area contributed by atoms with E-state index in [-0.39, 0.29) is 18.6 Å². The van der Waals surface area contributed by atoms with Gasteiger partial charge in [-0.2, -0.15) is 0 Å². The maximum absolute atomic E-state index is 11.9. The molecule has 1 unspecified atom stereocenters. The Bertz CT molecular complexity index is 608. The van der Waals surface area contributed by atoms with E-state index in [2.05, 4.69) is 37.4 Å². The number of rotatable bonds is 5. The molecule has 0 saturated carbocycles. The van der Waals surface area contributed by atoms with Crippen molar-refractivity contribution in [3.63, 3.8) is 0 Å². The number of carbonyl (C=O) groups is 1. The van der Waals surface area contributed by atoms with Crippen molar-refractivity contribution in [3.8, 4) is 5.75 Å². The van der Waals surface area contributed by atoms with Crippen molar-refractivity contribution < 1.29 is 9.53 Å². The zero-order valence-electron chi connectivity index (χ0n) is 12.7. The summed E-state index contributed by atoms with van der Waals surface area (Å²) in [5, 5.41) is 2.96. The van der Waals surface area contributed by atoms with Gasteiger partial charge in [-0.05, 0) is 44.0 Å². The number of benzene rings is 2. The first kappa shape index (κ1) is 15.1. The zero-order chi connectivity index (χ0) is 15.2. The minimum absolute atomic E-state index is 0.0270. The summed E-state index contributed by atoms with van der Waals surface area (Å²) in [5.74, 6) is 0.582. The highest BCUT2D eigenvalue weighted by atomic mass is 16.5. The van der Waals surface area contributed by atoms with Crippen LogP contribution in [0.5, 0.6) is 5.75 Å². The highest BCUT2D eigenvalue weighted by Crippen LogP contribution is 2.18. The monoisotopic (exact) mass is 283 g/mol. The molecular weight excluding hydrogens is 262 g/mol. The van der Waals surface area contributed by atoms with E-state index in [1.165, 1.54) is 11.1 Å². The van der Waals surface area contributed by atoms with Gasteiger partial charge >= 0.3 is 0 Å². The normalized spacial score (nSPS) is 11.8. The Kier molecular flexibility index (Phi) is 4.99. The third kappa shape index (κ3) is 4.35. The third-order valence-electron chi connectivity index (χ3n) is 3.38. The van der Waals surface area contributed by atoms with Gasteiger partial charge in [-0.25, -0.2) is 0 Å². The van der Waals surface area contributed by atoms with Crippen molar-refractivity contribution in [1.29, 1.82) is 0 Å². The molecule has 3 heteroatoms. The lowest BCUT2D eigenvalue weighted by molar-refractivity contribution is -0.123. The molecule has 0 aliphatic rings. The van der Waals surface area contributed by atoms with Crippen molar-refractivity contribution in [3.05, 3.63) is 65.2 Å². The van der Waals surface area contributed by atoms with E-state index in [1.54, 1.807) is 0 Å². The number of carbonyl (C=O) groups excluding carboxylic acids is 1. The van der Waals surface area contributed by atoms with E-state index in [4.69, 9.17) is 4.74 Å². The van der Waals surface area contributed by atoms with E-state index in [0.29, 0.717) is 5.75 Å². The quantitative estimate of drug-likeness (QED) is 0.911. The van der Waals surface area contributed by atoms with Crippen LogP contribution in [0.1, 0.15) is 29.7 Å². The Morgan fingerprint density at radius 1 is 1.14 bits per heavy atom. The average molecular weight is 283 g/mol. The van der Waals surface area contributed by atoms with Gasteiger partial charge in [-0.3, -0.25) is 4.79 Å². The second kappa shape index (κ2) is 6.93. The molecule has 2 aromatic rings. The number of hydrogen-bond acceptors (Lipinski definition) is 2. The summed E-state index contributed by atoms with van der Waals surface area (Å²) in [4.78, 5) is 11.9. The largest absolute Gasteiger partial charge is 0.484 e. The van der Waals surface area contributed by atoms with Crippen LogP contribution in [0.25, 0.3) is 0 Å². The molecule has 1 N–H and O–H groups in total. The van der Waals surface area contributed by atoms with Gasteiger partial charge in [0.15, 0.2) is 6.61 Å². The molecule has 0 aliphatic carbocycles. The van der Waals surface area contributed by atoms with Crippen LogP contribution < -0.4 is 10.1 Å². The van der Waals surface area contributed by atoms with Crippen LogP contribution in [0.15, 0.2) is 48.5 Å². The number of amides is 1. The molecule has 2 aromatic carbocycles. The predicted octanol–water partition coefficient (Wildman–Crippen LogP) is 3.56. The van der Waals surface area contributed by atoms with Gasteiger partial charge in [-0.1, -0.05) is 42.0 Å². The molecule has 0 aromatic heterocycles. The maximum Gasteiger partial charge on any atom is 0.258 e. The topological polar surface area (TPSA) is 38.3 Å². The van der Waals surface area contributed by atoms with Crippen molar-refractivity contribution in [2.75, 3.05) is 6.61 Å². The molecule has 1 amide bonds. The summed E-state index contributed by atoms with van der Waals surface area (Å²) in [6, 6.07) is 15.6. The Morgan fingerprint density at radius 3 is 2.52 bits per heavy atom. The van der Waals surface area contributed by atoms with Gasteiger partial charge in [0, 0.05) is 0 Å². The molecule has 110 valence electrons. The van der Waals surface area contributed by atoms with Crippen LogP contribution in [-0.4, -0.2) is 12.5 Å². The number of ether oxygens (including phenoxy) is 1. The average Bonchev–Trinajstić information content (AvgIpc) is 2.46. The predicted molar refractivity (Wildman–Crippen MR) is 84.4 cm³/mol. The minimum atomic E-state index is -0.119. The summed E-state index contributed by atoms with van der Waals surface area (Å²) in [5.41, 5.74) is 3.54. The van der Waals surface area contributed by atoms with Crippen molar-refractivity contribution >= 4 is 5.91 Å². The van der Waals surface area contributed by atoms with Gasteiger partial charge < -0.3 is 10.1 Å². The minimum Gasteiger partial charge on any atom is -0.484 e. The fourth-order valence-electron chi connectivity index (χ4n) is 2.34. The van der Waals surface area contributed by atoms with Gasteiger partial charge in [-0.15, -0.1) is 0 Å². The lowest BCUT2D eigenvalue weighted by Crippen LogP contribution is -2.31. The first-order valence-electron chi connectivity index (χ1n) is 7.10. The zero-order valence-corrected chi connectivity index (χ0v) is 12.7. The van der Waals surface area contributed by atoms with E-state index < -0.39 is 0 Å². The maximum atomic E-state index is 11.9. The van der Waals surface area contributed by atoms with Gasteiger partial charge in [0.2, 0.25) is 0 Å². The lowest BCUT2D eigenvalue weighted by atomic mass is 10.0. The SMILES string of the molecule is Cc1ccc(C(C)NC(=O)COc2ccccc2)c(C)c1. The first-order valence-corrected chi connectivity index (χ1v) is 7.10. The summed E-state index contributed by atoms with van der Waals surface area (Å²) in [6.45, 7) is 6.14. The van der Waals surface area contributed by atoms with Crippen LogP contribution in [0.4, 0.5) is 0 Å². The molecular formula is C18H21NO2. The fourth-order valence-corrected chi connectivity index (χ4v) is 2.34. The molecule has 0 radical (unpaired) electrons. The Balaban J connectivity index is 1.90. The van der Waals surface area contributed by atoms with Crippen molar-refractivity contribution in [2.45, 2.75) is 26.8 Å². The second-order valence-electron chi connectivity index (χ2n) is 5.25. The highest BCUT2D eigenvalue weighted by molar-refractivity contribution is 5.78. The van der Waals surface area contributed by atoms with Gasteiger partial charge in [0.1, 0.15) is 5.75 Å². The van der Waals surface area contributed by atoms with Crippen molar-refractivity contribution in [1.82, 2.24) is 5.32 Å². The van der Waals surface area contributed by atoms with E-state index in [1.807, 2.05) is 37.3 Å². The summed E-state index contributed by atoms with van der Waals surface area (Å²) in [7, 11) is 0. The molecule has 0 aliphatic heterocycles. The van der Waals surface area contributed by atoms with Crippen LogP contribution in [-0.2, 0) is 4.79 Å². The summed E-state index contributed by atoms with van der Waals surface area (Å²) >= 11 is 0. The van der Waals surface area contributed by atoms with Crippen LogP contribution in [0, 0.1) is 13.8 Å². The van der Waals surface area contributed by atoms with Gasteiger partial charge in [0.25, 0.3) is 5.91 Å². The molecule has 0 bridgehead atoms. The summed E-state index contributed by atoms with van der Waals surface area (Å²) < 4.78 is 5.44. The molecule has 3 nitrogen and oxygen atoms in total. The standard InChI is InChI=1S/C18H21NO2/c1-13-9-10-17(14(2)11-13)15(3)19-18(20)12-21-16-7-5-4-6-8-16/h4-11,15H,12H2,1-3H3,(H,19,20). The van der Waals surface area contributed by atoms with Crippen LogP contribution >= 0.6 is 0 Å². The number of nitrogens with one attached hydrogen (secondary N) is 1. The van der Waals surface area contributed by atoms with E-state index in [0.717, 1.165) is 5.56 Å². The molecule has 0 fully saturated rings. The van der Waals surface area contributed by atoms with Gasteiger partial charge in [0.05, 0.1) is 6.04 Å². The highest BCUT2D eigenvalue weighted by Gasteiger charge is 2.12. The van der Waals surface area contributed by atoms with E-state index >= 15 is 0 Å². The molecule has 0 saturated heterocycles. The Morgan fingerprint density at radius 2 is 1.86 bits per heavy atom. The molecule has 0 spiro atoms. The fraction of sp³-hybridized carbons (Fsp3) is 0.278. The summed E-state index contributed by atoms with van der Waals surface area (Å²) in [6.07, 6.45) is 0. The molecule has 2 rings (SSSR count). The van der Waals surface area contributed by atoms with Crippen LogP contribution in [0.2, 0.25) is 0 Å². The second-order valence-corrected chi connectivity index (χ2v) is 5.25. The van der Waals surface area contributed by atoms with E-state index in [9.17, 15) is 4.79 Å². The molecule has 21 heavy (non-hydrogen) atoms. The van der Waals surface area contributed by atoms with Crippen LogP contribution in [0.3, 0.4) is 0 Å². The first-order chi connectivity index (χ1) is 10.1. The Hall–Kier alpha value is -2.29. The number of hydrogen-bond donors (Lipinski definition) is 1. The Labute approximate surface area is 126 Å². The number of aryl methyl sites for hydroxylation is 2. The molecule has 0 heterocycles. The third-order valence-corrected chi connectivity index (χ3v) is 3.38. The smallest absolute Gasteiger partial charge is 0.258 e. The van der Waals surface area contributed by atoms with Crippen molar-refractivity contribution in [2.24, 2.45) is 0 Å². The number of para-hydroxylation sites is 1. The lowest BCUT2D eigenvalue weighted by Gasteiger charge is -2.17.